The molecule has 7 rings (SSSR count). The van der Waals surface area contributed by atoms with Gasteiger partial charge in [-0.1, -0.05) is 82.4 Å². The van der Waals surface area contributed by atoms with Gasteiger partial charge in [-0.15, -0.1) is 0 Å². The van der Waals surface area contributed by atoms with Crippen LogP contribution in [0.3, 0.4) is 0 Å². The van der Waals surface area contributed by atoms with E-state index >= 15 is 0 Å². The summed E-state index contributed by atoms with van der Waals surface area (Å²) in [5.41, 5.74) is 4.52. The highest BCUT2D eigenvalue weighted by Crippen LogP contribution is 2.52. The summed E-state index contributed by atoms with van der Waals surface area (Å²) in [5.74, 6) is -2.90. The van der Waals surface area contributed by atoms with E-state index in [0.29, 0.717) is 36.8 Å². The van der Waals surface area contributed by atoms with Crippen molar-refractivity contribution in [1.82, 2.24) is 24.8 Å². The second kappa shape index (κ2) is 19.2. The number of hydrogen-bond donors (Lipinski definition) is 5. The van der Waals surface area contributed by atoms with Crippen molar-refractivity contribution in [3.63, 3.8) is 0 Å². The van der Waals surface area contributed by atoms with Crippen molar-refractivity contribution in [3.8, 4) is 28.2 Å². The maximum Gasteiger partial charge on any atom is 0.474 e. The number of carbonyl (C=O) groups is 2. The Bertz CT molecular complexity index is 2860. The molecule has 18 nitrogen and oxygen atoms in total. The van der Waals surface area contributed by atoms with Crippen molar-refractivity contribution < 1.29 is 52.2 Å². The lowest BCUT2D eigenvalue weighted by Gasteiger charge is -2.21. The maximum atomic E-state index is 13.6. The minimum absolute atomic E-state index is 0.00185. The third kappa shape index (κ3) is 9.28. The molecular formula is C38H33Cl6N6O12P. The van der Waals surface area contributed by atoms with Crippen LogP contribution in [0, 0.1) is 0 Å². The van der Waals surface area contributed by atoms with Gasteiger partial charge in [0, 0.05) is 42.2 Å². The van der Waals surface area contributed by atoms with Gasteiger partial charge in [0.25, 0.3) is 5.91 Å². The lowest BCUT2D eigenvalue weighted by atomic mass is 9.89. The molecule has 1 aliphatic carbocycles. The number of imidazole rings is 1. The number of nitrogens with zero attached hydrogens (tertiary/aromatic N) is 4. The molecule has 25 heteroatoms. The number of benzene rings is 3. The number of phenols is 1. The Labute approximate surface area is 386 Å². The third-order valence-corrected chi connectivity index (χ3v) is 13.4. The Morgan fingerprint density at radius 2 is 1.71 bits per heavy atom. The monoisotopic (exact) mass is 1010 g/mol. The number of halogens is 6. The van der Waals surface area contributed by atoms with Crippen LogP contribution in [0.5, 0.6) is 5.75 Å². The van der Waals surface area contributed by atoms with Gasteiger partial charge in [-0.2, -0.15) is 0 Å². The van der Waals surface area contributed by atoms with E-state index in [2.05, 4.69) is 20.3 Å². The fourth-order valence-electron chi connectivity index (χ4n) is 6.98. The number of rotatable bonds is 16. The van der Waals surface area contributed by atoms with Gasteiger partial charge in [0.1, 0.15) is 34.2 Å². The zero-order valence-corrected chi connectivity index (χ0v) is 37.8. The second-order valence-electron chi connectivity index (χ2n) is 14.0. The molecule has 0 saturated carbocycles. The first kappa shape index (κ1) is 47.0. The molecule has 0 bridgehead atoms. The topological polar surface area (TPSA) is 261 Å². The van der Waals surface area contributed by atoms with Crippen LogP contribution in [0.15, 0.2) is 40.1 Å². The van der Waals surface area contributed by atoms with Crippen LogP contribution in [0.2, 0.25) is 30.1 Å². The number of carboxylic acids is 1. The fraction of sp³-hybridized carbons (Fsp3) is 0.316. The number of phosphoric acid groups is 1. The molecule has 1 unspecified atom stereocenters. The number of phenolic OH excluding ortho intramolecular Hbond substituents is 1. The van der Waals surface area contributed by atoms with Gasteiger partial charge in [0.15, 0.2) is 28.6 Å². The lowest BCUT2D eigenvalue weighted by Crippen LogP contribution is -2.26. The normalized spacial score (nSPS) is 17.5. The zero-order chi connectivity index (χ0) is 45.5. The summed E-state index contributed by atoms with van der Waals surface area (Å²) in [6.07, 6.45) is 2.55. The summed E-state index contributed by atoms with van der Waals surface area (Å²) < 4.78 is 42.6. The van der Waals surface area contributed by atoms with Gasteiger partial charge in [-0.3, -0.25) is 27.7 Å². The van der Waals surface area contributed by atoms with Crippen molar-refractivity contribution in [2.75, 3.05) is 32.6 Å². The van der Waals surface area contributed by atoms with E-state index in [-0.39, 0.29) is 91.1 Å². The van der Waals surface area contributed by atoms with Crippen molar-refractivity contribution in [1.29, 1.82) is 0 Å². The summed E-state index contributed by atoms with van der Waals surface area (Å²) in [5, 5.41) is 32.0. The molecule has 4 heterocycles. The number of aliphatic hydroxyl groups excluding tert-OH is 1. The molecular weight excluding hydrogens is 976 g/mol. The van der Waals surface area contributed by atoms with E-state index in [1.807, 2.05) is 0 Å². The van der Waals surface area contributed by atoms with E-state index in [0.717, 1.165) is 6.07 Å². The molecule has 1 saturated heterocycles. The first-order valence-electron chi connectivity index (χ1n) is 18.7. The number of aliphatic hydroxyl groups is 1. The van der Waals surface area contributed by atoms with Crippen molar-refractivity contribution in [2.45, 2.75) is 50.5 Å². The molecule has 1 amide bonds. The van der Waals surface area contributed by atoms with Gasteiger partial charge < -0.3 is 35.5 Å². The highest BCUT2D eigenvalue weighted by Gasteiger charge is 2.39. The van der Waals surface area contributed by atoms with Crippen molar-refractivity contribution >= 4 is 117 Å². The van der Waals surface area contributed by atoms with E-state index < -0.39 is 64.9 Å². The lowest BCUT2D eigenvalue weighted by molar-refractivity contribution is -0.0448. The Balaban J connectivity index is 0.973. The maximum absolute atomic E-state index is 13.6. The number of ether oxygens (including phenoxy) is 1. The fourth-order valence-corrected chi connectivity index (χ4v) is 9.55. The molecule has 0 radical (unpaired) electrons. The quantitative estimate of drug-likeness (QED) is 0.0344. The molecule has 0 spiro atoms. The predicted octanol–water partition coefficient (Wildman–Crippen LogP) is 9.04. The first-order chi connectivity index (χ1) is 30.0. The minimum atomic E-state index is -4.02. The third-order valence-electron chi connectivity index (χ3n) is 10.1. The standard InChI is InChI=1S/C38H33Cl6N6O12P/c1-58-63(57,60-12-22-21(51)11-23(61-22)50-14-49-30-35(45)47-13-48-36(30)50)59-7-5-3-2-4-6-46-37(54)17-10-18(39)25(38(55)56)26(27(17)42)24-15-8-19(40)31(52)28(43)33(15)62-34-16(24)9-20(41)32(53)29(34)44/h8-10,13-14,21-23,51-52H,2-7,11-12H2,1H3,(H,46,54)(H,55,56)(H2,45,47,48)/t21-,22-,23-,63?/m1/s1. The number of nitrogen functional groups attached to an aromatic ring is 1. The van der Waals surface area contributed by atoms with Crippen LogP contribution in [0.25, 0.3) is 44.6 Å². The number of unbranched alkanes of at least 4 members (excludes halogenated alkanes) is 3. The number of nitrogens with two attached hydrogens (primary N) is 1. The SMILES string of the molecule is COP(=O)(OCCCCCCNC(=O)c1cc(Cl)c(C(=O)O)c(-c2c3cc(Cl)c(=O)c(Cl)c-3oc3c(Cl)c(O)c(Cl)cc23)c1Cl)OC[C@H]1O[C@@H](n2cnc3c(N)ncnc32)C[C@H]1O. The summed E-state index contributed by atoms with van der Waals surface area (Å²) in [4.78, 5) is 51.4. The Morgan fingerprint density at radius 3 is 2.44 bits per heavy atom. The largest absolute Gasteiger partial charge is 0.505 e. The van der Waals surface area contributed by atoms with Crippen LogP contribution in [-0.4, -0.2) is 85.8 Å². The number of nitrogens with one attached hydrogen (secondary N) is 1. The smallest absolute Gasteiger partial charge is 0.474 e. The molecule has 2 aromatic carbocycles. The summed E-state index contributed by atoms with van der Waals surface area (Å²) in [7, 11) is -2.85. The zero-order valence-electron chi connectivity index (χ0n) is 32.4. The summed E-state index contributed by atoms with van der Waals surface area (Å²) in [6.45, 7) is -0.141. The number of aromatic carboxylic acids is 1. The number of aromatic nitrogens is 4. The Kier molecular flexibility index (Phi) is 14.3. The van der Waals surface area contributed by atoms with Crippen LogP contribution >= 0.6 is 77.4 Å². The molecule has 1 fully saturated rings. The number of anilines is 1. The number of aromatic hydroxyl groups is 1. The van der Waals surface area contributed by atoms with Crippen LogP contribution in [-0.2, 0) is 22.9 Å². The van der Waals surface area contributed by atoms with Gasteiger partial charge in [0.2, 0.25) is 5.43 Å². The van der Waals surface area contributed by atoms with Gasteiger partial charge in [0.05, 0.1) is 56.9 Å². The average Bonchev–Trinajstić information content (AvgIpc) is 3.86. The van der Waals surface area contributed by atoms with Crippen molar-refractivity contribution in [3.05, 3.63) is 82.3 Å². The number of hydrogen-bond acceptors (Lipinski definition) is 15. The molecule has 63 heavy (non-hydrogen) atoms. The second-order valence-corrected chi connectivity index (χ2v) is 18.1. The number of phosphoric ester groups is 1. The number of amides is 1. The van der Waals surface area contributed by atoms with E-state index in [9.17, 15) is 34.3 Å². The van der Waals surface area contributed by atoms with Crippen molar-refractivity contribution in [2.24, 2.45) is 0 Å². The van der Waals surface area contributed by atoms with Gasteiger partial charge in [-0.05, 0) is 31.0 Å². The molecule has 2 aliphatic heterocycles. The first-order valence-corrected chi connectivity index (χ1v) is 22.4. The molecule has 2 aromatic heterocycles. The molecule has 334 valence electrons. The average molecular weight is 1010 g/mol. The number of fused-ring (bicyclic) bond motifs is 3. The summed E-state index contributed by atoms with van der Waals surface area (Å²) in [6, 6.07) is 3.50. The molecule has 3 aliphatic rings. The molecule has 6 N–H and O–H groups in total. The Morgan fingerprint density at radius 1 is 0.968 bits per heavy atom. The Hall–Kier alpha value is -4.01. The van der Waals surface area contributed by atoms with Gasteiger partial charge in [-0.25, -0.2) is 24.3 Å². The highest BCUT2D eigenvalue weighted by atomic mass is 35.5. The highest BCUT2D eigenvalue weighted by molar-refractivity contribution is 7.48. The van der Waals surface area contributed by atoms with Gasteiger partial charge >= 0.3 is 13.8 Å². The minimum Gasteiger partial charge on any atom is -0.505 e. The number of carboxylic acid groups (broad SMARTS) is 1. The van der Waals surface area contributed by atoms with E-state index in [4.69, 9.17) is 98.1 Å². The molecule has 4 aromatic rings. The van der Waals surface area contributed by atoms with Crippen LogP contribution in [0.4, 0.5) is 5.82 Å². The van der Waals surface area contributed by atoms with Crippen LogP contribution in [0.1, 0.15) is 59.0 Å². The molecule has 4 atom stereocenters. The van der Waals surface area contributed by atoms with Crippen LogP contribution < -0.4 is 16.5 Å². The number of carbonyl (C=O) groups excluding carboxylic acids is 1. The van der Waals surface area contributed by atoms with E-state index in [1.165, 1.54) is 31.9 Å². The summed E-state index contributed by atoms with van der Waals surface area (Å²) >= 11 is 38.7. The van der Waals surface area contributed by atoms with E-state index in [1.54, 1.807) is 4.57 Å². The predicted molar refractivity (Wildman–Crippen MR) is 235 cm³/mol.